The van der Waals surface area contributed by atoms with Gasteiger partial charge >= 0.3 is 5.97 Å². The number of aliphatic carboxylic acids is 1. The highest BCUT2D eigenvalue weighted by Gasteiger charge is 2.24. The molecule has 2 aromatic heterocycles. The predicted octanol–water partition coefficient (Wildman–Crippen LogP) is 2.89. The number of carbonyl (C=O) groups is 2. The van der Waals surface area contributed by atoms with Crippen molar-refractivity contribution in [3.05, 3.63) is 44.8 Å². The third-order valence-electron chi connectivity index (χ3n) is 2.79. The molecule has 0 aliphatic heterocycles. The number of amides is 1. The van der Waals surface area contributed by atoms with Crippen LogP contribution in [0.15, 0.2) is 34.2 Å². The number of nitrogens with one attached hydrogen (secondary N) is 1. The minimum absolute atomic E-state index is 0.404. The van der Waals surface area contributed by atoms with Gasteiger partial charge in [0.15, 0.2) is 6.04 Å². The first-order chi connectivity index (χ1) is 9.52. The molecule has 2 N–H and O–H groups in total. The van der Waals surface area contributed by atoms with E-state index in [9.17, 15) is 14.7 Å². The van der Waals surface area contributed by atoms with Gasteiger partial charge in [-0.25, -0.2) is 4.79 Å². The maximum absolute atomic E-state index is 12.2. The molecule has 7 heteroatoms. The smallest absolute Gasteiger partial charge is 0.331 e. The van der Waals surface area contributed by atoms with E-state index in [4.69, 9.17) is 0 Å². The number of halogens is 1. The first kappa shape index (κ1) is 14.8. The van der Waals surface area contributed by atoms with Crippen LogP contribution in [0, 0.1) is 0 Å². The largest absolute Gasteiger partial charge is 0.479 e. The lowest BCUT2D eigenvalue weighted by atomic mass is 10.2. The molecule has 1 atom stereocenters. The molecule has 2 aromatic rings. The summed E-state index contributed by atoms with van der Waals surface area (Å²) in [6.45, 7) is 2.54. The van der Waals surface area contributed by atoms with Crippen molar-refractivity contribution in [3.63, 3.8) is 0 Å². The Morgan fingerprint density at radius 3 is 2.85 bits per heavy atom. The van der Waals surface area contributed by atoms with Crippen LogP contribution in [0.2, 0.25) is 0 Å². The number of rotatable bonds is 5. The van der Waals surface area contributed by atoms with Crippen LogP contribution >= 0.6 is 27.3 Å². The molecular weight excluding hydrogens is 344 g/mol. The minimum atomic E-state index is -1.07. The van der Waals surface area contributed by atoms with E-state index < -0.39 is 17.9 Å². The van der Waals surface area contributed by atoms with E-state index in [2.05, 4.69) is 21.2 Å². The number of carboxylic acid groups (broad SMARTS) is 1. The number of hydrogen-bond donors (Lipinski definition) is 2. The van der Waals surface area contributed by atoms with Crippen molar-refractivity contribution in [1.82, 2.24) is 9.88 Å². The molecule has 0 radical (unpaired) electrons. The molecule has 0 spiro atoms. The van der Waals surface area contributed by atoms with E-state index in [0.29, 0.717) is 17.1 Å². The van der Waals surface area contributed by atoms with Gasteiger partial charge in [-0.3, -0.25) is 4.79 Å². The van der Waals surface area contributed by atoms with Gasteiger partial charge < -0.3 is 15.0 Å². The quantitative estimate of drug-likeness (QED) is 0.864. The molecule has 1 unspecified atom stereocenters. The number of carbonyl (C=O) groups excluding carboxylic acids is 1. The van der Waals surface area contributed by atoms with Gasteiger partial charge in [0.2, 0.25) is 0 Å². The number of thiophene rings is 1. The van der Waals surface area contributed by atoms with Crippen LogP contribution in [0.3, 0.4) is 0 Å². The first-order valence-corrected chi connectivity index (χ1v) is 7.63. The van der Waals surface area contributed by atoms with Crippen molar-refractivity contribution in [2.75, 3.05) is 0 Å². The zero-order chi connectivity index (χ0) is 14.7. The Morgan fingerprint density at radius 1 is 1.55 bits per heavy atom. The summed E-state index contributed by atoms with van der Waals surface area (Å²) in [6.07, 6.45) is 1.79. The summed E-state index contributed by atoms with van der Waals surface area (Å²) < 4.78 is 2.54. The summed E-state index contributed by atoms with van der Waals surface area (Å²) in [5, 5.41) is 13.6. The van der Waals surface area contributed by atoms with E-state index in [-0.39, 0.29) is 0 Å². The molecule has 2 heterocycles. The Hall–Kier alpha value is -1.60. The standard InChI is InChI=1S/C13H13BrN2O3S/c1-2-16-7-8(14)6-9(16)12(17)15-11(13(18)19)10-4-3-5-20-10/h3-7,11H,2H2,1H3,(H,15,17)(H,18,19). The van der Waals surface area contributed by atoms with Gasteiger partial charge in [-0.15, -0.1) is 11.3 Å². The average molecular weight is 357 g/mol. The van der Waals surface area contributed by atoms with Gasteiger partial charge in [0.1, 0.15) is 5.69 Å². The lowest BCUT2D eigenvalue weighted by Crippen LogP contribution is -2.34. The number of nitrogens with zero attached hydrogens (tertiary/aromatic N) is 1. The van der Waals surface area contributed by atoms with Crippen LogP contribution in [0.25, 0.3) is 0 Å². The van der Waals surface area contributed by atoms with E-state index >= 15 is 0 Å². The molecule has 0 saturated heterocycles. The number of carboxylic acids is 1. The van der Waals surface area contributed by atoms with Crippen molar-refractivity contribution in [2.24, 2.45) is 0 Å². The average Bonchev–Trinajstić information content (AvgIpc) is 3.04. The molecule has 0 fully saturated rings. The molecule has 0 aromatic carbocycles. The van der Waals surface area contributed by atoms with Gasteiger partial charge in [0.25, 0.3) is 5.91 Å². The molecule has 0 aliphatic carbocycles. The third kappa shape index (κ3) is 3.10. The van der Waals surface area contributed by atoms with Gasteiger partial charge in [0.05, 0.1) is 0 Å². The van der Waals surface area contributed by atoms with Gasteiger partial charge in [-0.05, 0) is 40.4 Å². The lowest BCUT2D eigenvalue weighted by Gasteiger charge is -2.13. The molecule has 2 rings (SSSR count). The van der Waals surface area contributed by atoms with Gasteiger partial charge in [0, 0.05) is 22.1 Å². The highest BCUT2D eigenvalue weighted by atomic mass is 79.9. The Morgan fingerprint density at radius 2 is 2.30 bits per heavy atom. The van der Waals surface area contributed by atoms with Crippen molar-refractivity contribution in [1.29, 1.82) is 0 Å². The molecule has 1 amide bonds. The Bertz CT molecular complexity index is 622. The molecule has 5 nitrogen and oxygen atoms in total. The summed E-state index contributed by atoms with van der Waals surface area (Å²) >= 11 is 4.61. The summed E-state index contributed by atoms with van der Waals surface area (Å²) in [4.78, 5) is 24.1. The molecule has 0 bridgehead atoms. The maximum Gasteiger partial charge on any atom is 0.331 e. The summed E-state index contributed by atoms with van der Waals surface area (Å²) in [7, 11) is 0. The first-order valence-electron chi connectivity index (χ1n) is 5.95. The van der Waals surface area contributed by atoms with Crippen LogP contribution in [0.5, 0.6) is 0 Å². The fourth-order valence-corrected chi connectivity index (χ4v) is 3.07. The maximum atomic E-state index is 12.2. The van der Waals surface area contributed by atoms with E-state index in [1.165, 1.54) is 11.3 Å². The lowest BCUT2D eigenvalue weighted by molar-refractivity contribution is -0.139. The Kier molecular flexibility index (Phi) is 4.61. The summed E-state index contributed by atoms with van der Waals surface area (Å²) in [5.41, 5.74) is 0.433. The monoisotopic (exact) mass is 356 g/mol. The van der Waals surface area contributed by atoms with E-state index in [0.717, 1.165) is 4.47 Å². The van der Waals surface area contributed by atoms with Crippen LogP contribution in [-0.4, -0.2) is 21.6 Å². The fraction of sp³-hybridized carbons (Fsp3) is 0.231. The Balaban J connectivity index is 2.23. The molecule has 20 heavy (non-hydrogen) atoms. The number of aromatic nitrogens is 1. The second-order valence-electron chi connectivity index (χ2n) is 4.09. The van der Waals surface area contributed by atoms with E-state index in [1.807, 2.05) is 6.92 Å². The second kappa shape index (κ2) is 6.23. The SMILES string of the molecule is CCn1cc(Br)cc1C(=O)NC(C(=O)O)c1cccs1. The van der Waals surface area contributed by atoms with E-state index in [1.54, 1.807) is 34.3 Å². The van der Waals surface area contributed by atoms with Gasteiger partial charge in [-0.1, -0.05) is 6.07 Å². The normalized spacial score (nSPS) is 12.1. The van der Waals surface area contributed by atoms with Crippen molar-refractivity contribution in [2.45, 2.75) is 19.5 Å². The van der Waals surface area contributed by atoms with Crippen LogP contribution in [-0.2, 0) is 11.3 Å². The fourth-order valence-electron chi connectivity index (χ4n) is 1.84. The second-order valence-corrected chi connectivity index (χ2v) is 5.98. The van der Waals surface area contributed by atoms with Crippen molar-refractivity contribution >= 4 is 39.1 Å². The summed E-state index contributed by atoms with van der Waals surface area (Å²) in [5.74, 6) is -1.48. The van der Waals surface area contributed by atoms with Gasteiger partial charge in [-0.2, -0.15) is 0 Å². The molecule has 106 valence electrons. The zero-order valence-corrected chi connectivity index (χ0v) is 13.1. The third-order valence-corrected chi connectivity index (χ3v) is 4.16. The highest BCUT2D eigenvalue weighted by Crippen LogP contribution is 2.21. The number of aryl methyl sites for hydroxylation is 1. The van der Waals surface area contributed by atoms with Crippen molar-refractivity contribution in [3.8, 4) is 0 Å². The Labute approximate surface area is 128 Å². The highest BCUT2D eigenvalue weighted by molar-refractivity contribution is 9.10. The molecule has 0 saturated carbocycles. The van der Waals surface area contributed by atoms with Crippen LogP contribution in [0.1, 0.15) is 28.3 Å². The molecular formula is C13H13BrN2O3S. The minimum Gasteiger partial charge on any atom is -0.479 e. The molecule has 0 aliphatic rings. The summed E-state index contributed by atoms with van der Waals surface area (Å²) in [6, 6.07) is 4.10. The zero-order valence-electron chi connectivity index (χ0n) is 10.7. The topological polar surface area (TPSA) is 71.3 Å². The number of hydrogen-bond acceptors (Lipinski definition) is 3. The van der Waals surface area contributed by atoms with Crippen molar-refractivity contribution < 1.29 is 14.7 Å². The van der Waals surface area contributed by atoms with Crippen LogP contribution < -0.4 is 5.32 Å². The predicted molar refractivity (Wildman–Crippen MR) is 80.0 cm³/mol. The van der Waals surface area contributed by atoms with Crippen LogP contribution in [0.4, 0.5) is 0 Å².